The molecule has 0 radical (unpaired) electrons. The number of methoxy groups -OCH3 is 3. The molecule has 5 nitrogen and oxygen atoms in total. The van der Waals surface area contributed by atoms with E-state index < -0.39 is 11.8 Å². The smallest absolute Gasteiger partial charge is 0.343 e. The average molecular weight is 306 g/mol. The maximum atomic E-state index is 12.8. The molecule has 0 aliphatic heterocycles. The topological polar surface area (TPSA) is 54.0 Å². The predicted octanol–water partition coefficient (Wildman–Crippen LogP) is 3.07. The number of esters is 1. The molecule has 0 amide bonds. The molecule has 6 heteroatoms. The minimum atomic E-state index is -0.620. The van der Waals surface area contributed by atoms with Crippen LogP contribution in [-0.4, -0.2) is 27.3 Å². The van der Waals surface area contributed by atoms with Crippen molar-refractivity contribution in [2.45, 2.75) is 0 Å². The normalized spacial score (nSPS) is 10.0. The van der Waals surface area contributed by atoms with Crippen molar-refractivity contribution in [2.24, 2.45) is 0 Å². The highest BCUT2D eigenvalue weighted by molar-refractivity contribution is 5.92. The Balaban J connectivity index is 2.31. The molecule has 2 aromatic carbocycles. The first-order valence-corrected chi connectivity index (χ1v) is 6.36. The minimum absolute atomic E-state index is 0.221. The van der Waals surface area contributed by atoms with Crippen molar-refractivity contribution in [1.82, 2.24) is 0 Å². The molecular formula is C16H15FO5. The molecule has 0 atom stereocenters. The Morgan fingerprint density at radius 3 is 1.91 bits per heavy atom. The number of carbonyl (C=O) groups excluding carboxylic acids is 1. The zero-order valence-electron chi connectivity index (χ0n) is 12.4. The van der Waals surface area contributed by atoms with Crippen LogP contribution in [0.3, 0.4) is 0 Å². The van der Waals surface area contributed by atoms with Crippen LogP contribution in [-0.2, 0) is 0 Å². The fraction of sp³-hybridized carbons (Fsp3) is 0.188. The Hall–Kier alpha value is -2.76. The Kier molecular flexibility index (Phi) is 4.83. The van der Waals surface area contributed by atoms with E-state index in [1.54, 1.807) is 0 Å². The monoisotopic (exact) mass is 306 g/mol. The number of carbonyl (C=O) groups is 1. The average Bonchev–Trinajstić information content (AvgIpc) is 2.55. The quantitative estimate of drug-likeness (QED) is 0.627. The van der Waals surface area contributed by atoms with Crippen LogP contribution in [0.5, 0.6) is 23.0 Å². The number of hydrogen-bond donors (Lipinski definition) is 0. The number of benzene rings is 2. The molecule has 2 aromatic rings. The standard InChI is InChI=1S/C16H15FO5/c1-19-13-8-10(9-14(20-2)15(13)21-3)16(18)22-12-6-4-11(17)5-7-12/h4-9H,1-3H3. The number of rotatable bonds is 5. The third-order valence-electron chi connectivity index (χ3n) is 2.92. The van der Waals surface area contributed by atoms with E-state index in [0.29, 0.717) is 17.2 Å². The van der Waals surface area contributed by atoms with Gasteiger partial charge in [-0.25, -0.2) is 9.18 Å². The van der Waals surface area contributed by atoms with E-state index in [4.69, 9.17) is 18.9 Å². The van der Waals surface area contributed by atoms with Crippen molar-refractivity contribution in [1.29, 1.82) is 0 Å². The molecule has 0 bridgehead atoms. The van der Waals surface area contributed by atoms with Crippen molar-refractivity contribution in [3.63, 3.8) is 0 Å². The van der Waals surface area contributed by atoms with Crippen LogP contribution in [0.4, 0.5) is 4.39 Å². The molecule has 0 fully saturated rings. The van der Waals surface area contributed by atoms with Crippen LogP contribution in [0.1, 0.15) is 10.4 Å². The molecule has 0 N–H and O–H groups in total. The second kappa shape index (κ2) is 6.80. The molecule has 0 aromatic heterocycles. The summed E-state index contributed by atoms with van der Waals surface area (Å²) in [7, 11) is 4.37. The summed E-state index contributed by atoms with van der Waals surface area (Å²) in [6.45, 7) is 0. The summed E-state index contributed by atoms with van der Waals surface area (Å²) >= 11 is 0. The van der Waals surface area contributed by atoms with Gasteiger partial charge in [0.2, 0.25) is 5.75 Å². The van der Waals surface area contributed by atoms with Gasteiger partial charge in [-0.15, -0.1) is 0 Å². The van der Waals surface area contributed by atoms with Gasteiger partial charge in [0.1, 0.15) is 11.6 Å². The molecule has 0 aliphatic rings. The van der Waals surface area contributed by atoms with Gasteiger partial charge < -0.3 is 18.9 Å². The van der Waals surface area contributed by atoms with E-state index in [-0.39, 0.29) is 11.3 Å². The van der Waals surface area contributed by atoms with Gasteiger partial charge in [-0.3, -0.25) is 0 Å². The number of halogens is 1. The van der Waals surface area contributed by atoms with Gasteiger partial charge >= 0.3 is 5.97 Å². The van der Waals surface area contributed by atoms with E-state index in [9.17, 15) is 9.18 Å². The van der Waals surface area contributed by atoms with Crippen molar-refractivity contribution >= 4 is 5.97 Å². The van der Waals surface area contributed by atoms with E-state index in [1.807, 2.05) is 0 Å². The number of ether oxygens (including phenoxy) is 4. The molecule has 0 spiro atoms. The van der Waals surface area contributed by atoms with E-state index in [0.717, 1.165) is 0 Å². The summed E-state index contributed by atoms with van der Waals surface area (Å²) in [6, 6.07) is 8.10. The van der Waals surface area contributed by atoms with Crippen LogP contribution in [0.2, 0.25) is 0 Å². The van der Waals surface area contributed by atoms with E-state index >= 15 is 0 Å². The van der Waals surface area contributed by atoms with Crippen LogP contribution < -0.4 is 18.9 Å². The number of hydrogen-bond acceptors (Lipinski definition) is 5. The Bertz CT molecular complexity index is 642. The van der Waals surface area contributed by atoms with Crippen LogP contribution >= 0.6 is 0 Å². The molecule has 0 saturated heterocycles. The SMILES string of the molecule is COc1cc(C(=O)Oc2ccc(F)cc2)cc(OC)c1OC. The first-order chi connectivity index (χ1) is 10.6. The summed E-state index contributed by atoms with van der Waals surface area (Å²) in [5.74, 6) is 0.266. The van der Waals surface area contributed by atoms with Crippen LogP contribution in [0.25, 0.3) is 0 Å². The lowest BCUT2D eigenvalue weighted by Crippen LogP contribution is -2.09. The largest absolute Gasteiger partial charge is 0.493 e. The highest BCUT2D eigenvalue weighted by Gasteiger charge is 2.18. The second-order valence-corrected chi connectivity index (χ2v) is 4.26. The van der Waals surface area contributed by atoms with Gasteiger partial charge in [-0.1, -0.05) is 0 Å². The minimum Gasteiger partial charge on any atom is -0.493 e. The first-order valence-electron chi connectivity index (χ1n) is 6.36. The van der Waals surface area contributed by atoms with E-state index in [2.05, 4.69) is 0 Å². The van der Waals surface area contributed by atoms with Gasteiger partial charge in [0.05, 0.1) is 26.9 Å². The Morgan fingerprint density at radius 2 is 1.45 bits per heavy atom. The molecule has 0 aliphatic carbocycles. The molecule has 116 valence electrons. The molecule has 22 heavy (non-hydrogen) atoms. The van der Waals surface area contributed by atoms with Crippen molar-refractivity contribution < 1.29 is 28.1 Å². The lowest BCUT2D eigenvalue weighted by molar-refractivity contribution is 0.0733. The summed E-state index contributed by atoms with van der Waals surface area (Å²) in [4.78, 5) is 12.2. The lowest BCUT2D eigenvalue weighted by atomic mass is 10.2. The van der Waals surface area contributed by atoms with Crippen LogP contribution in [0.15, 0.2) is 36.4 Å². The summed E-state index contributed by atoms with van der Waals surface area (Å²) in [5.41, 5.74) is 0.221. The highest BCUT2D eigenvalue weighted by Crippen LogP contribution is 2.38. The third kappa shape index (κ3) is 3.28. The molecule has 0 saturated carbocycles. The van der Waals surface area contributed by atoms with Crippen molar-refractivity contribution in [2.75, 3.05) is 21.3 Å². The fourth-order valence-corrected chi connectivity index (χ4v) is 1.87. The van der Waals surface area contributed by atoms with Crippen molar-refractivity contribution in [3.05, 3.63) is 47.8 Å². The van der Waals surface area contributed by atoms with E-state index in [1.165, 1.54) is 57.7 Å². The molecule has 0 heterocycles. The second-order valence-electron chi connectivity index (χ2n) is 4.26. The highest BCUT2D eigenvalue weighted by atomic mass is 19.1. The molecular weight excluding hydrogens is 291 g/mol. The predicted molar refractivity (Wildman–Crippen MR) is 77.5 cm³/mol. The van der Waals surface area contributed by atoms with Gasteiger partial charge in [0.15, 0.2) is 11.5 Å². The fourth-order valence-electron chi connectivity index (χ4n) is 1.87. The third-order valence-corrected chi connectivity index (χ3v) is 2.92. The zero-order chi connectivity index (χ0) is 16.1. The van der Waals surface area contributed by atoms with Gasteiger partial charge in [0.25, 0.3) is 0 Å². The van der Waals surface area contributed by atoms with Gasteiger partial charge in [-0.2, -0.15) is 0 Å². The Morgan fingerprint density at radius 1 is 0.909 bits per heavy atom. The maximum Gasteiger partial charge on any atom is 0.343 e. The summed E-state index contributed by atoms with van der Waals surface area (Å²) in [6.07, 6.45) is 0. The zero-order valence-corrected chi connectivity index (χ0v) is 12.4. The van der Waals surface area contributed by atoms with Gasteiger partial charge in [-0.05, 0) is 36.4 Å². The lowest BCUT2D eigenvalue weighted by Gasteiger charge is -2.13. The first kappa shape index (κ1) is 15.6. The van der Waals surface area contributed by atoms with Crippen molar-refractivity contribution in [3.8, 4) is 23.0 Å². The Labute approximate surface area is 127 Å². The summed E-state index contributed by atoms with van der Waals surface area (Å²) < 4.78 is 33.5. The maximum absolute atomic E-state index is 12.8. The summed E-state index contributed by atoms with van der Waals surface area (Å²) in [5, 5.41) is 0. The van der Waals surface area contributed by atoms with Crippen LogP contribution in [0, 0.1) is 5.82 Å². The molecule has 0 unspecified atom stereocenters. The molecule has 2 rings (SSSR count). The van der Waals surface area contributed by atoms with Gasteiger partial charge in [0, 0.05) is 0 Å².